The summed E-state index contributed by atoms with van der Waals surface area (Å²) in [4.78, 5) is 11.8. The average Bonchev–Trinajstić information content (AvgIpc) is 2.66. The molecule has 2 aliphatic rings. The number of ether oxygens (including phenoxy) is 1. The van der Waals surface area contributed by atoms with Gasteiger partial charge in [-0.1, -0.05) is 0 Å². The molecule has 2 atom stereocenters. The zero-order valence-corrected chi connectivity index (χ0v) is 8.88. The third-order valence-corrected chi connectivity index (χ3v) is 3.35. The molecule has 86 valence electrons. The van der Waals surface area contributed by atoms with Crippen LogP contribution in [0.2, 0.25) is 0 Å². The minimum absolute atomic E-state index is 0.0212. The van der Waals surface area contributed by atoms with Crippen LogP contribution in [-0.4, -0.2) is 31.3 Å². The van der Waals surface area contributed by atoms with Crippen LogP contribution in [0.5, 0.6) is 0 Å². The standard InChI is InChI=1S/C11H18FNO2/c12-9-2-1-3-10(9)13-11(14)8-4-6-15-7-5-8/h8-10H,1-7H2,(H,13,14). The predicted octanol–water partition coefficient (Wildman–Crippen LogP) is 1.42. The number of alkyl halides is 1. The van der Waals surface area contributed by atoms with Crippen molar-refractivity contribution in [2.45, 2.75) is 44.3 Å². The van der Waals surface area contributed by atoms with Crippen molar-refractivity contribution < 1.29 is 13.9 Å². The van der Waals surface area contributed by atoms with Gasteiger partial charge in [0.25, 0.3) is 0 Å². The van der Waals surface area contributed by atoms with E-state index in [4.69, 9.17) is 4.74 Å². The first-order valence-electron chi connectivity index (χ1n) is 5.79. The maximum Gasteiger partial charge on any atom is 0.223 e. The van der Waals surface area contributed by atoms with Crippen molar-refractivity contribution in [3.05, 3.63) is 0 Å². The van der Waals surface area contributed by atoms with Gasteiger partial charge in [-0.3, -0.25) is 4.79 Å². The molecule has 0 aromatic heterocycles. The quantitative estimate of drug-likeness (QED) is 0.756. The van der Waals surface area contributed by atoms with Crippen LogP contribution >= 0.6 is 0 Å². The van der Waals surface area contributed by atoms with Gasteiger partial charge < -0.3 is 10.1 Å². The number of halogens is 1. The van der Waals surface area contributed by atoms with E-state index in [1.807, 2.05) is 0 Å². The van der Waals surface area contributed by atoms with E-state index in [0.29, 0.717) is 19.6 Å². The SMILES string of the molecule is O=C(NC1CCCC1F)C1CCOCC1. The Bertz CT molecular complexity index is 229. The highest BCUT2D eigenvalue weighted by Crippen LogP contribution is 2.23. The highest BCUT2D eigenvalue weighted by atomic mass is 19.1. The van der Waals surface area contributed by atoms with Gasteiger partial charge in [-0.2, -0.15) is 0 Å². The molecule has 1 aliphatic carbocycles. The summed E-state index contributed by atoms with van der Waals surface area (Å²) < 4.78 is 18.5. The van der Waals surface area contributed by atoms with Crippen LogP contribution in [-0.2, 0) is 9.53 Å². The molecule has 4 heteroatoms. The van der Waals surface area contributed by atoms with Gasteiger partial charge in [-0.25, -0.2) is 4.39 Å². The van der Waals surface area contributed by atoms with E-state index in [-0.39, 0.29) is 17.9 Å². The predicted molar refractivity (Wildman–Crippen MR) is 54.2 cm³/mol. The minimum atomic E-state index is -0.839. The maximum atomic E-state index is 13.3. The Morgan fingerprint density at radius 3 is 2.53 bits per heavy atom. The number of carbonyl (C=O) groups excluding carboxylic acids is 1. The summed E-state index contributed by atoms with van der Waals surface area (Å²) in [5.74, 6) is 0.0550. The fraction of sp³-hybridized carbons (Fsp3) is 0.909. The smallest absolute Gasteiger partial charge is 0.223 e. The molecular formula is C11H18FNO2. The van der Waals surface area contributed by atoms with Crippen molar-refractivity contribution in [1.82, 2.24) is 5.32 Å². The van der Waals surface area contributed by atoms with E-state index < -0.39 is 6.17 Å². The molecule has 1 heterocycles. The number of nitrogens with one attached hydrogen (secondary N) is 1. The molecule has 0 radical (unpaired) electrons. The number of hydrogen-bond donors (Lipinski definition) is 1. The van der Waals surface area contributed by atoms with Crippen LogP contribution in [0.15, 0.2) is 0 Å². The maximum absolute atomic E-state index is 13.3. The summed E-state index contributed by atoms with van der Waals surface area (Å²) in [6.45, 7) is 1.31. The normalized spacial score (nSPS) is 32.9. The lowest BCUT2D eigenvalue weighted by Gasteiger charge is -2.23. The first-order chi connectivity index (χ1) is 7.27. The number of rotatable bonds is 2. The molecular weight excluding hydrogens is 197 g/mol. The highest BCUT2D eigenvalue weighted by Gasteiger charge is 2.30. The van der Waals surface area contributed by atoms with Crippen LogP contribution in [0, 0.1) is 5.92 Å². The zero-order chi connectivity index (χ0) is 10.7. The van der Waals surface area contributed by atoms with Crippen molar-refractivity contribution >= 4 is 5.91 Å². The zero-order valence-electron chi connectivity index (χ0n) is 8.88. The van der Waals surface area contributed by atoms with E-state index in [2.05, 4.69) is 5.32 Å². The lowest BCUT2D eigenvalue weighted by atomic mass is 9.99. The first kappa shape index (κ1) is 10.9. The first-order valence-corrected chi connectivity index (χ1v) is 5.79. The van der Waals surface area contributed by atoms with Crippen molar-refractivity contribution in [1.29, 1.82) is 0 Å². The third-order valence-electron chi connectivity index (χ3n) is 3.35. The van der Waals surface area contributed by atoms with Gasteiger partial charge in [0.15, 0.2) is 0 Å². The van der Waals surface area contributed by atoms with Gasteiger partial charge in [-0.15, -0.1) is 0 Å². The molecule has 3 nitrogen and oxygen atoms in total. The summed E-state index contributed by atoms with van der Waals surface area (Å²) >= 11 is 0. The van der Waals surface area contributed by atoms with E-state index >= 15 is 0 Å². The minimum Gasteiger partial charge on any atom is -0.381 e. The fourth-order valence-corrected chi connectivity index (χ4v) is 2.34. The van der Waals surface area contributed by atoms with Crippen LogP contribution in [0.25, 0.3) is 0 Å². The van der Waals surface area contributed by atoms with Gasteiger partial charge in [0.1, 0.15) is 6.17 Å². The molecule has 0 aromatic rings. The Morgan fingerprint density at radius 2 is 1.93 bits per heavy atom. The molecule has 1 saturated carbocycles. The van der Waals surface area contributed by atoms with Gasteiger partial charge in [0.2, 0.25) is 5.91 Å². The lowest BCUT2D eigenvalue weighted by Crippen LogP contribution is -2.43. The summed E-state index contributed by atoms with van der Waals surface area (Å²) in [6.07, 6.45) is 2.98. The molecule has 0 bridgehead atoms. The monoisotopic (exact) mass is 215 g/mol. The Balaban J connectivity index is 1.80. The highest BCUT2D eigenvalue weighted by molar-refractivity contribution is 5.79. The second-order valence-corrected chi connectivity index (χ2v) is 4.45. The second kappa shape index (κ2) is 4.92. The van der Waals surface area contributed by atoms with Gasteiger partial charge in [0, 0.05) is 19.1 Å². The van der Waals surface area contributed by atoms with Crippen LogP contribution in [0.4, 0.5) is 4.39 Å². The van der Waals surface area contributed by atoms with E-state index in [0.717, 1.165) is 25.7 Å². The summed E-state index contributed by atoms with van der Waals surface area (Å²) in [5, 5.41) is 2.83. The molecule has 2 fully saturated rings. The van der Waals surface area contributed by atoms with Crippen LogP contribution in [0.3, 0.4) is 0 Å². The van der Waals surface area contributed by atoms with E-state index in [1.54, 1.807) is 0 Å². The Hall–Kier alpha value is -0.640. The molecule has 15 heavy (non-hydrogen) atoms. The number of hydrogen-bond acceptors (Lipinski definition) is 2. The number of carbonyl (C=O) groups is 1. The molecule has 1 saturated heterocycles. The van der Waals surface area contributed by atoms with Gasteiger partial charge in [0.05, 0.1) is 6.04 Å². The molecule has 2 unspecified atom stereocenters. The molecule has 0 spiro atoms. The summed E-state index contributed by atoms with van der Waals surface area (Å²) in [6, 6.07) is -0.236. The van der Waals surface area contributed by atoms with Gasteiger partial charge >= 0.3 is 0 Å². The second-order valence-electron chi connectivity index (χ2n) is 4.45. The Kier molecular flexibility index (Phi) is 3.57. The fourth-order valence-electron chi connectivity index (χ4n) is 2.34. The Labute approximate surface area is 89.4 Å². The molecule has 1 aliphatic heterocycles. The van der Waals surface area contributed by atoms with Crippen molar-refractivity contribution in [2.75, 3.05) is 13.2 Å². The number of amides is 1. The topological polar surface area (TPSA) is 38.3 Å². The largest absolute Gasteiger partial charge is 0.381 e. The third kappa shape index (κ3) is 2.68. The van der Waals surface area contributed by atoms with Crippen LogP contribution < -0.4 is 5.32 Å². The van der Waals surface area contributed by atoms with Crippen molar-refractivity contribution in [3.8, 4) is 0 Å². The summed E-state index contributed by atoms with van der Waals surface area (Å²) in [5.41, 5.74) is 0. The molecule has 1 N–H and O–H groups in total. The Morgan fingerprint density at radius 1 is 1.20 bits per heavy atom. The lowest BCUT2D eigenvalue weighted by molar-refractivity contribution is -0.128. The van der Waals surface area contributed by atoms with Gasteiger partial charge in [-0.05, 0) is 32.1 Å². The van der Waals surface area contributed by atoms with E-state index in [1.165, 1.54) is 0 Å². The average molecular weight is 215 g/mol. The van der Waals surface area contributed by atoms with Crippen LogP contribution in [0.1, 0.15) is 32.1 Å². The van der Waals surface area contributed by atoms with E-state index in [9.17, 15) is 9.18 Å². The molecule has 2 rings (SSSR count). The van der Waals surface area contributed by atoms with Crippen molar-refractivity contribution in [2.24, 2.45) is 5.92 Å². The molecule has 0 aromatic carbocycles. The molecule has 1 amide bonds. The summed E-state index contributed by atoms with van der Waals surface area (Å²) in [7, 11) is 0. The van der Waals surface area contributed by atoms with Crippen molar-refractivity contribution in [3.63, 3.8) is 0 Å².